The number of halogens is 5. The number of hydrogen-bond acceptors (Lipinski definition) is 2. The van der Waals surface area contributed by atoms with Crippen LogP contribution in [-0.2, 0) is 11.0 Å². The topological polar surface area (TPSA) is 41.1 Å². The first-order chi connectivity index (χ1) is 11.3. The summed E-state index contributed by atoms with van der Waals surface area (Å²) >= 11 is 11.8. The summed E-state index contributed by atoms with van der Waals surface area (Å²) in [6.07, 6.45) is -4.46. The van der Waals surface area contributed by atoms with Crippen LogP contribution in [0.25, 0.3) is 0 Å². The Morgan fingerprint density at radius 1 is 1.00 bits per heavy atom. The van der Waals surface area contributed by atoms with Crippen LogP contribution in [0.3, 0.4) is 0 Å². The molecule has 0 aromatic heterocycles. The fourth-order valence-corrected chi connectivity index (χ4v) is 2.29. The number of para-hydroxylation sites is 1. The predicted octanol–water partition coefficient (Wildman–Crippen LogP) is 5.45. The Balaban J connectivity index is 1.94. The smallest absolute Gasteiger partial charge is 0.383 e. The van der Waals surface area contributed by atoms with E-state index in [1.165, 1.54) is 0 Å². The first-order valence-corrected chi connectivity index (χ1v) is 7.68. The van der Waals surface area contributed by atoms with Crippen LogP contribution in [0.2, 0.25) is 10.0 Å². The number of alkyl halides is 3. The van der Waals surface area contributed by atoms with Gasteiger partial charge in [-0.3, -0.25) is 4.79 Å². The Hall–Kier alpha value is -1.92. The summed E-state index contributed by atoms with van der Waals surface area (Å²) in [5, 5.41) is 5.90. The lowest BCUT2D eigenvalue weighted by molar-refractivity contribution is -0.137. The van der Waals surface area contributed by atoms with Gasteiger partial charge in [-0.1, -0.05) is 35.3 Å². The highest BCUT2D eigenvalue weighted by Crippen LogP contribution is 2.33. The lowest BCUT2D eigenvalue weighted by atomic mass is 10.2. The summed E-state index contributed by atoms with van der Waals surface area (Å²) in [6.45, 7) is 0.270. The Morgan fingerprint density at radius 3 is 2.33 bits per heavy atom. The van der Waals surface area contributed by atoms with E-state index in [0.29, 0.717) is 10.7 Å². The van der Waals surface area contributed by atoms with Gasteiger partial charge in [0.25, 0.3) is 0 Å². The molecule has 0 saturated heterocycles. The van der Waals surface area contributed by atoms with Crippen LogP contribution in [0, 0.1) is 0 Å². The molecule has 0 unspecified atom stereocenters. The number of carbonyl (C=O) groups is 1. The minimum absolute atomic E-state index is 0.0374. The van der Waals surface area contributed by atoms with E-state index < -0.39 is 17.6 Å². The summed E-state index contributed by atoms with van der Waals surface area (Å²) in [5.74, 6) is -0.462. The van der Waals surface area contributed by atoms with E-state index in [0.717, 1.165) is 18.2 Å². The van der Waals surface area contributed by atoms with Gasteiger partial charge in [0.1, 0.15) is 0 Å². The van der Waals surface area contributed by atoms with E-state index in [1.807, 2.05) is 0 Å². The van der Waals surface area contributed by atoms with Gasteiger partial charge in [-0.25, -0.2) is 0 Å². The minimum Gasteiger partial charge on any atom is -0.383 e. The maximum Gasteiger partial charge on any atom is 0.416 e. The van der Waals surface area contributed by atoms with Gasteiger partial charge in [-0.05, 0) is 30.3 Å². The van der Waals surface area contributed by atoms with Crippen LogP contribution in [0.15, 0.2) is 42.5 Å². The molecule has 2 N–H and O–H groups in total. The second-order valence-corrected chi connectivity index (χ2v) is 5.71. The van der Waals surface area contributed by atoms with Crippen molar-refractivity contribution in [3.05, 3.63) is 58.1 Å². The van der Waals surface area contributed by atoms with Crippen molar-refractivity contribution in [1.82, 2.24) is 0 Å². The van der Waals surface area contributed by atoms with Gasteiger partial charge in [-0.2, -0.15) is 13.2 Å². The average molecular weight is 377 g/mol. The molecule has 24 heavy (non-hydrogen) atoms. The van der Waals surface area contributed by atoms with Gasteiger partial charge in [0.15, 0.2) is 0 Å². The largest absolute Gasteiger partial charge is 0.416 e. The van der Waals surface area contributed by atoms with E-state index in [1.54, 1.807) is 24.3 Å². The predicted molar refractivity (Wildman–Crippen MR) is 89.6 cm³/mol. The fraction of sp³-hybridized carbons (Fsp3) is 0.188. The summed E-state index contributed by atoms with van der Waals surface area (Å²) < 4.78 is 38.1. The molecule has 2 rings (SSSR count). The molecule has 2 aromatic rings. The highest BCUT2D eigenvalue weighted by molar-refractivity contribution is 6.34. The molecular formula is C16H13Cl2F3N2O. The Labute approximate surface area is 146 Å². The third-order valence-electron chi connectivity index (χ3n) is 3.11. The van der Waals surface area contributed by atoms with E-state index >= 15 is 0 Å². The first-order valence-electron chi connectivity index (χ1n) is 6.92. The van der Waals surface area contributed by atoms with Gasteiger partial charge in [0.05, 0.1) is 27.0 Å². The Morgan fingerprint density at radius 2 is 1.67 bits per heavy atom. The van der Waals surface area contributed by atoms with Crippen LogP contribution < -0.4 is 10.6 Å². The highest BCUT2D eigenvalue weighted by Gasteiger charge is 2.31. The molecule has 0 bridgehead atoms. The van der Waals surface area contributed by atoms with E-state index in [2.05, 4.69) is 10.6 Å². The van der Waals surface area contributed by atoms with E-state index in [-0.39, 0.29) is 23.7 Å². The summed E-state index contributed by atoms with van der Waals surface area (Å²) in [5.41, 5.74) is -0.283. The lowest BCUT2D eigenvalue weighted by Crippen LogP contribution is -2.17. The van der Waals surface area contributed by atoms with E-state index in [4.69, 9.17) is 23.2 Å². The number of carbonyl (C=O) groups excluding carboxylic acids is 1. The zero-order valence-corrected chi connectivity index (χ0v) is 13.8. The van der Waals surface area contributed by atoms with Crippen molar-refractivity contribution in [3.8, 4) is 0 Å². The third-order valence-corrected chi connectivity index (χ3v) is 3.77. The van der Waals surface area contributed by atoms with Gasteiger partial charge in [-0.15, -0.1) is 0 Å². The minimum atomic E-state index is -4.50. The van der Waals surface area contributed by atoms with E-state index in [9.17, 15) is 18.0 Å². The van der Waals surface area contributed by atoms with Gasteiger partial charge >= 0.3 is 6.18 Å². The van der Waals surface area contributed by atoms with Gasteiger partial charge in [0, 0.05) is 13.0 Å². The molecule has 0 aliphatic rings. The molecule has 0 atom stereocenters. The first kappa shape index (κ1) is 18.4. The highest BCUT2D eigenvalue weighted by atomic mass is 35.5. The van der Waals surface area contributed by atoms with Crippen LogP contribution in [0.1, 0.15) is 12.0 Å². The Kier molecular flexibility index (Phi) is 5.96. The molecule has 0 aliphatic carbocycles. The Bertz CT molecular complexity index is 736. The third kappa shape index (κ3) is 5.04. The quantitative estimate of drug-likeness (QED) is 0.727. The lowest BCUT2D eigenvalue weighted by Gasteiger charge is -2.12. The maximum atomic E-state index is 12.7. The normalized spacial score (nSPS) is 11.2. The van der Waals surface area contributed by atoms with Crippen molar-refractivity contribution < 1.29 is 18.0 Å². The number of anilines is 2. The van der Waals surface area contributed by atoms with Gasteiger partial charge < -0.3 is 10.6 Å². The number of nitrogens with one attached hydrogen (secondary N) is 2. The second kappa shape index (κ2) is 7.77. The van der Waals surface area contributed by atoms with Crippen molar-refractivity contribution in [2.45, 2.75) is 12.6 Å². The van der Waals surface area contributed by atoms with Gasteiger partial charge in [0.2, 0.25) is 5.91 Å². The molecule has 0 heterocycles. The molecule has 0 aliphatic heterocycles. The zero-order chi connectivity index (χ0) is 17.7. The van der Waals surface area contributed by atoms with Crippen molar-refractivity contribution in [2.24, 2.45) is 0 Å². The van der Waals surface area contributed by atoms with Crippen molar-refractivity contribution in [2.75, 3.05) is 17.2 Å². The number of amides is 1. The molecule has 3 nitrogen and oxygen atoms in total. The molecule has 0 saturated carbocycles. The van der Waals surface area contributed by atoms with Crippen molar-refractivity contribution in [1.29, 1.82) is 0 Å². The maximum absolute atomic E-state index is 12.7. The molecule has 0 spiro atoms. The molecular weight excluding hydrogens is 364 g/mol. The SMILES string of the molecule is O=C(CCNc1ccccc1Cl)Nc1cc(C(F)(F)F)ccc1Cl. The standard InChI is InChI=1S/C16H13Cl2F3N2O/c17-11-3-1-2-4-13(11)22-8-7-15(24)23-14-9-10(16(19,20)21)5-6-12(14)18/h1-6,9,22H,7-8H2,(H,23,24). The van der Waals surface area contributed by atoms with Crippen LogP contribution >= 0.6 is 23.2 Å². The number of hydrogen-bond donors (Lipinski definition) is 2. The average Bonchev–Trinajstić information content (AvgIpc) is 2.50. The summed E-state index contributed by atoms with van der Waals surface area (Å²) in [4.78, 5) is 11.9. The van der Waals surface area contributed by atoms with Crippen molar-refractivity contribution in [3.63, 3.8) is 0 Å². The summed E-state index contributed by atoms with van der Waals surface area (Å²) in [6, 6.07) is 9.78. The van der Waals surface area contributed by atoms with Crippen LogP contribution in [0.5, 0.6) is 0 Å². The molecule has 1 amide bonds. The number of benzene rings is 2. The van der Waals surface area contributed by atoms with Crippen LogP contribution in [0.4, 0.5) is 24.5 Å². The van der Waals surface area contributed by atoms with Crippen molar-refractivity contribution >= 4 is 40.5 Å². The molecule has 0 radical (unpaired) electrons. The fourth-order valence-electron chi connectivity index (χ4n) is 1.93. The molecule has 0 fully saturated rings. The number of rotatable bonds is 5. The monoisotopic (exact) mass is 376 g/mol. The summed E-state index contributed by atoms with van der Waals surface area (Å²) in [7, 11) is 0. The molecule has 2 aromatic carbocycles. The van der Waals surface area contributed by atoms with Crippen LogP contribution in [-0.4, -0.2) is 12.5 Å². The second-order valence-electron chi connectivity index (χ2n) is 4.90. The molecule has 8 heteroatoms. The molecule has 128 valence electrons. The zero-order valence-electron chi connectivity index (χ0n) is 12.3.